The maximum atomic E-state index is 5.93. The maximum absolute atomic E-state index is 5.93. The molecule has 1 saturated carbocycles. The average molecular weight is 234 g/mol. The zero-order chi connectivity index (χ0) is 12.6. The van der Waals surface area contributed by atoms with E-state index in [1.54, 1.807) is 0 Å². The normalized spacial score (nSPS) is 15.4. The second-order valence-electron chi connectivity index (χ2n) is 5.38. The molecule has 1 fully saturated rings. The number of hydrogen-bond acceptors (Lipinski definition) is 4. The molecule has 0 radical (unpaired) electrons. The van der Waals surface area contributed by atoms with Crippen LogP contribution in [0.4, 0.5) is 11.6 Å². The lowest BCUT2D eigenvalue weighted by Crippen LogP contribution is -2.31. The summed E-state index contributed by atoms with van der Waals surface area (Å²) < 4.78 is 0. The van der Waals surface area contributed by atoms with E-state index in [9.17, 15) is 0 Å². The largest absolute Gasteiger partial charge is 0.383 e. The van der Waals surface area contributed by atoms with Crippen molar-refractivity contribution in [1.82, 2.24) is 9.97 Å². The first-order valence-corrected chi connectivity index (χ1v) is 6.36. The Bertz CT molecular complexity index is 410. The van der Waals surface area contributed by atoms with Gasteiger partial charge in [0.05, 0.1) is 0 Å². The van der Waals surface area contributed by atoms with Crippen LogP contribution in [0.1, 0.15) is 38.1 Å². The minimum atomic E-state index is 0.613. The van der Waals surface area contributed by atoms with E-state index in [4.69, 9.17) is 5.73 Å². The van der Waals surface area contributed by atoms with Crippen LogP contribution in [-0.2, 0) is 0 Å². The van der Waals surface area contributed by atoms with Gasteiger partial charge in [0.25, 0.3) is 0 Å². The molecule has 17 heavy (non-hydrogen) atoms. The molecule has 4 nitrogen and oxygen atoms in total. The second kappa shape index (κ2) is 4.51. The van der Waals surface area contributed by atoms with Crippen molar-refractivity contribution in [2.45, 2.75) is 46.6 Å². The lowest BCUT2D eigenvalue weighted by Gasteiger charge is -2.27. The van der Waals surface area contributed by atoms with Crippen LogP contribution in [0.2, 0.25) is 0 Å². The van der Waals surface area contributed by atoms with Gasteiger partial charge in [0.2, 0.25) is 0 Å². The number of rotatable bonds is 4. The molecule has 1 aliphatic carbocycles. The van der Waals surface area contributed by atoms with Gasteiger partial charge in [0, 0.05) is 18.2 Å². The van der Waals surface area contributed by atoms with E-state index in [0.29, 0.717) is 17.8 Å². The number of nitrogen functional groups attached to an aromatic ring is 1. The third kappa shape index (κ3) is 2.68. The Labute approximate surface area is 103 Å². The molecule has 1 heterocycles. The molecule has 1 aromatic heterocycles. The fourth-order valence-corrected chi connectivity index (χ4v) is 2.10. The van der Waals surface area contributed by atoms with Crippen molar-refractivity contribution in [3.63, 3.8) is 0 Å². The highest BCUT2D eigenvalue weighted by atomic mass is 15.2. The van der Waals surface area contributed by atoms with Gasteiger partial charge < -0.3 is 10.6 Å². The first-order chi connectivity index (χ1) is 7.99. The first-order valence-electron chi connectivity index (χ1n) is 6.36. The summed E-state index contributed by atoms with van der Waals surface area (Å²) in [5, 5.41) is 0. The molecule has 4 heteroatoms. The molecular weight excluding hydrogens is 212 g/mol. The molecule has 0 spiro atoms. The van der Waals surface area contributed by atoms with Crippen molar-refractivity contribution in [2.24, 2.45) is 5.92 Å². The maximum Gasteiger partial charge on any atom is 0.137 e. The molecule has 2 N–H and O–H groups in total. The van der Waals surface area contributed by atoms with Crippen molar-refractivity contribution in [3.8, 4) is 0 Å². The van der Waals surface area contributed by atoms with Gasteiger partial charge in [-0.1, -0.05) is 13.8 Å². The molecule has 1 aromatic rings. The lowest BCUT2D eigenvalue weighted by atomic mass is 10.2. The summed E-state index contributed by atoms with van der Waals surface area (Å²) in [5.41, 5.74) is 6.95. The number of aryl methyl sites for hydroxylation is 1. The predicted molar refractivity (Wildman–Crippen MR) is 71.1 cm³/mol. The third-order valence-corrected chi connectivity index (χ3v) is 3.09. The first kappa shape index (κ1) is 12.1. The van der Waals surface area contributed by atoms with Crippen LogP contribution in [0.25, 0.3) is 0 Å². The van der Waals surface area contributed by atoms with E-state index in [1.165, 1.54) is 12.8 Å². The Balaban J connectivity index is 2.34. The van der Waals surface area contributed by atoms with E-state index in [2.05, 4.69) is 28.7 Å². The minimum Gasteiger partial charge on any atom is -0.383 e. The number of nitrogens with two attached hydrogens (primary N) is 1. The Morgan fingerprint density at radius 1 is 1.29 bits per heavy atom. The monoisotopic (exact) mass is 234 g/mol. The zero-order valence-electron chi connectivity index (χ0n) is 11.2. The quantitative estimate of drug-likeness (QED) is 0.868. The van der Waals surface area contributed by atoms with E-state index >= 15 is 0 Å². The van der Waals surface area contributed by atoms with Gasteiger partial charge in [-0.3, -0.25) is 0 Å². The van der Waals surface area contributed by atoms with Gasteiger partial charge in [-0.05, 0) is 32.6 Å². The van der Waals surface area contributed by atoms with Crippen LogP contribution < -0.4 is 10.6 Å². The summed E-state index contributed by atoms with van der Waals surface area (Å²) >= 11 is 0. The topological polar surface area (TPSA) is 55.0 Å². The molecule has 2 rings (SSSR count). The predicted octanol–water partition coefficient (Wildman–Crippen LogP) is 2.30. The number of nitrogens with zero attached hydrogens (tertiary/aromatic N) is 3. The summed E-state index contributed by atoms with van der Waals surface area (Å²) in [6.45, 7) is 9.44. The van der Waals surface area contributed by atoms with Gasteiger partial charge in [-0.25, -0.2) is 9.97 Å². The van der Waals surface area contributed by atoms with Crippen LogP contribution in [0.3, 0.4) is 0 Å². The van der Waals surface area contributed by atoms with Gasteiger partial charge in [-0.2, -0.15) is 0 Å². The Kier molecular flexibility index (Phi) is 3.22. The van der Waals surface area contributed by atoms with Crippen molar-refractivity contribution in [1.29, 1.82) is 0 Å². The van der Waals surface area contributed by atoms with Gasteiger partial charge >= 0.3 is 0 Å². The van der Waals surface area contributed by atoms with Crippen LogP contribution in [0.5, 0.6) is 0 Å². The molecule has 94 valence electrons. The molecule has 0 aromatic carbocycles. The number of anilines is 2. The molecule has 0 aliphatic heterocycles. The van der Waals surface area contributed by atoms with Gasteiger partial charge in [0.1, 0.15) is 17.5 Å². The summed E-state index contributed by atoms with van der Waals surface area (Å²) in [5.74, 6) is 3.04. The molecule has 0 amide bonds. The SMILES string of the molecule is Cc1nc(N)c(C)c(N(CC(C)C)C2CC2)n1. The van der Waals surface area contributed by atoms with Gasteiger partial charge in [0.15, 0.2) is 0 Å². The average Bonchev–Trinajstić information content (AvgIpc) is 3.03. The third-order valence-electron chi connectivity index (χ3n) is 3.09. The summed E-state index contributed by atoms with van der Waals surface area (Å²) in [7, 11) is 0. The number of hydrogen-bond donors (Lipinski definition) is 1. The van der Waals surface area contributed by atoms with Crippen LogP contribution in [0, 0.1) is 19.8 Å². The summed E-state index contributed by atoms with van der Waals surface area (Å²) in [4.78, 5) is 11.2. The fourth-order valence-electron chi connectivity index (χ4n) is 2.10. The highest BCUT2D eigenvalue weighted by Crippen LogP contribution is 2.34. The van der Waals surface area contributed by atoms with Crippen LogP contribution in [0.15, 0.2) is 0 Å². The van der Waals surface area contributed by atoms with Crippen LogP contribution in [-0.4, -0.2) is 22.6 Å². The van der Waals surface area contributed by atoms with Crippen molar-refractivity contribution < 1.29 is 0 Å². The Morgan fingerprint density at radius 2 is 1.94 bits per heavy atom. The van der Waals surface area contributed by atoms with E-state index in [-0.39, 0.29) is 0 Å². The number of aromatic nitrogens is 2. The lowest BCUT2D eigenvalue weighted by molar-refractivity contribution is 0.600. The molecule has 0 saturated heterocycles. The van der Waals surface area contributed by atoms with Crippen molar-refractivity contribution in [2.75, 3.05) is 17.2 Å². The molecular formula is C13H22N4. The molecule has 1 aliphatic rings. The van der Waals surface area contributed by atoms with Gasteiger partial charge in [-0.15, -0.1) is 0 Å². The van der Waals surface area contributed by atoms with E-state index < -0.39 is 0 Å². The summed E-state index contributed by atoms with van der Waals surface area (Å²) in [6, 6.07) is 0.657. The smallest absolute Gasteiger partial charge is 0.137 e. The molecule has 0 unspecified atom stereocenters. The second-order valence-corrected chi connectivity index (χ2v) is 5.38. The highest BCUT2D eigenvalue weighted by molar-refractivity contribution is 5.57. The minimum absolute atomic E-state index is 0.613. The fraction of sp³-hybridized carbons (Fsp3) is 0.692. The molecule has 0 atom stereocenters. The summed E-state index contributed by atoms with van der Waals surface area (Å²) in [6.07, 6.45) is 2.55. The molecule has 0 bridgehead atoms. The Morgan fingerprint density at radius 3 is 2.47 bits per heavy atom. The highest BCUT2D eigenvalue weighted by Gasteiger charge is 2.31. The van der Waals surface area contributed by atoms with E-state index in [0.717, 1.165) is 23.8 Å². The zero-order valence-corrected chi connectivity index (χ0v) is 11.2. The standard InChI is InChI=1S/C13H22N4/c1-8(2)7-17(11-5-6-11)13-9(3)12(14)15-10(4)16-13/h8,11H,5-7H2,1-4H3,(H2,14,15,16). The van der Waals surface area contributed by atoms with Crippen molar-refractivity contribution >= 4 is 11.6 Å². The van der Waals surface area contributed by atoms with Crippen LogP contribution >= 0.6 is 0 Å². The van der Waals surface area contributed by atoms with Crippen molar-refractivity contribution in [3.05, 3.63) is 11.4 Å². The van der Waals surface area contributed by atoms with E-state index in [1.807, 2.05) is 13.8 Å². The Hall–Kier alpha value is -1.32.